The van der Waals surface area contributed by atoms with Crippen LogP contribution in [-0.2, 0) is 11.3 Å². The number of benzene rings is 1. The number of anilines is 1. The molecule has 1 heterocycles. The van der Waals surface area contributed by atoms with Crippen LogP contribution in [0.15, 0.2) is 42.6 Å². The molecule has 25 heavy (non-hydrogen) atoms. The second-order valence-corrected chi connectivity index (χ2v) is 6.67. The van der Waals surface area contributed by atoms with Crippen LogP contribution in [0.4, 0.5) is 5.69 Å². The van der Waals surface area contributed by atoms with E-state index in [-0.39, 0.29) is 11.9 Å². The first-order valence-electron chi connectivity index (χ1n) is 8.79. The Morgan fingerprint density at radius 2 is 2.16 bits per heavy atom. The van der Waals surface area contributed by atoms with Crippen LogP contribution in [0.5, 0.6) is 5.88 Å². The van der Waals surface area contributed by atoms with Gasteiger partial charge in [-0.3, -0.25) is 4.79 Å². The number of nitrogens with zero attached hydrogens (tertiary/aromatic N) is 1. The van der Waals surface area contributed by atoms with Gasteiger partial charge in [0.25, 0.3) is 0 Å². The number of aromatic nitrogens is 1. The maximum atomic E-state index is 11.2. The highest BCUT2D eigenvalue weighted by Crippen LogP contribution is 2.29. The average Bonchev–Trinajstić information content (AvgIpc) is 3.42. The summed E-state index contributed by atoms with van der Waals surface area (Å²) in [7, 11) is 0. The van der Waals surface area contributed by atoms with E-state index >= 15 is 0 Å². The van der Waals surface area contributed by atoms with Crippen LogP contribution < -0.4 is 15.4 Å². The number of hydrogen-bond donors (Lipinski definition) is 2. The molecule has 1 aliphatic carbocycles. The minimum absolute atomic E-state index is 0.0618. The summed E-state index contributed by atoms with van der Waals surface area (Å²) in [6.45, 7) is 5.13. The summed E-state index contributed by atoms with van der Waals surface area (Å²) in [6, 6.07) is 12.1. The van der Waals surface area contributed by atoms with Crippen LogP contribution in [-0.4, -0.2) is 17.5 Å². The van der Waals surface area contributed by atoms with E-state index in [2.05, 4.69) is 28.6 Å². The second kappa shape index (κ2) is 8.12. The van der Waals surface area contributed by atoms with E-state index in [0.717, 1.165) is 35.9 Å². The van der Waals surface area contributed by atoms with Gasteiger partial charge < -0.3 is 15.4 Å². The van der Waals surface area contributed by atoms with E-state index in [9.17, 15) is 4.79 Å². The molecule has 2 N–H and O–H groups in total. The van der Waals surface area contributed by atoms with Gasteiger partial charge >= 0.3 is 0 Å². The third kappa shape index (κ3) is 5.57. The Morgan fingerprint density at radius 1 is 1.32 bits per heavy atom. The maximum Gasteiger partial charge on any atom is 0.221 e. The van der Waals surface area contributed by atoms with Crippen molar-refractivity contribution in [3.63, 3.8) is 0 Å². The fourth-order valence-corrected chi connectivity index (χ4v) is 2.60. The standard InChI is InChI=1S/C20H25N3O2/c1-14(18-4-3-5-19(11-18)23-15(2)24)22-12-17-8-9-21-20(10-17)25-13-16-6-7-16/h3-5,8-11,14,16,22H,6-7,12-13H2,1-2H3,(H,23,24)/t14-/m1/s1. The monoisotopic (exact) mass is 339 g/mol. The lowest BCUT2D eigenvalue weighted by Crippen LogP contribution is -2.18. The topological polar surface area (TPSA) is 63.2 Å². The van der Waals surface area contributed by atoms with Crippen molar-refractivity contribution in [3.05, 3.63) is 53.7 Å². The molecule has 1 atom stereocenters. The van der Waals surface area contributed by atoms with Gasteiger partial charge in [-0.05, 0) is 55.0 Å². The number of carbonyl (C=O) groups excluding carboxylic acids is 1. The Hall–Kier alpha value is -2.40. The predicted octanol–water partition coefficient (Wildman–Crippen LogP) is 3.68. The first kappa shape index (κ1) is 17.4. The summed E-state index contributed by atoms with van der Waals surface area (Å²) in [4.78, 5) is 15.5. The number of amides is 1. The quantitative estimate of drug-likeness (QED) is 0.770. The molecule has 1 aliphatic rings. The molecular formula is C20H25N3O2. The van der Waals surface area contributed by atoms with Gasteiger partial charge in [-0.1, -0.05) is 12.1 Å². The lowest BCUT2D eigenvalue weighted by molar-refractivity contribution is -0.114. The summed E-state index contributed by atoms with van der Waals surface area (Å²) in [5, 5.41) is 6.32. The molecule has 5 heteroatoms. The summed E-state index contributed by atoms with van der Waals surface area (Å²) in [5.41, 5.74) is 3.09. The molecule has 0 unspecified atom stereocenters. The fraction of sp³-hybridized carbons (Fsp3) is 0.400. The van der Waals surface area contributed by atoms with Crippen molar-refractivity contribution in [1.82, 2.24) is 10.3 Å². The van der Waals surface area contributed by atoms with Crippen molar-refractivity contribution >= 4 is 11.6 Å². The number of hydrogen-bond acceptors (Lipinski definition) is 4. The van der Waals surface area contributed by atoms with Crippen molar-refractivity contribution in [2.75, 3.05) is 11.9 Å². The Morgan fingerprint density at radius 3 is 2.92 bits per heavy atom. The van der Waals surface area contributed by atoms with E-state index in [1.807, 2.05) is 30.3 Å². The summed E-state index contributed by atoms with van der Waals surface area (Å²) in [5.74, 6) is 1.36. The van der Waals surface area contributed by atoms with Gasteiger partial charge in [0.15, 0.2) is 0 Å². The molecule has 0 bridgehead atoms. The zero-order valence-electron chi connectivity index (χ0n) is 14.8. The molecule has 132 valence electrons. The van der Waals surface area contributed by atoms with E-state index in [1.165, 1.54) is 19.8 Å². The highest BCUT2D eigenvalue weighted by atomic mass is 16.5. The first-order valence-corrected chi connectivity index (χ1v) is 8.79. The van der Waals surface area contributed by atoms with Crippen LogP contribution in [0.2, 0.25) is 0 Å². The molecule has 1 fully saturated rings. The molecule has 2 aromatic rings. The summed E-state index contributed by atoms with van der Waals surface area (Å²) in [6.07, 6.45) is 4.34. The molecule has 0 aliphatic heterocycles. The number of nitrogens with one attached hydrogen (secondary N) is 2. The minimum atomic E-state index is -0.0618. The normalized spacial score (nSPS) is 14.8. The molecule has 1 aromatic carbocycles. The molecule has 0 saturated heterocycles. The minimum Gasteiger partial charge on any atom is -0.477 e. The second-order valence-electron chi connectivity index (χ2n) is 6.67. The van der Waals surface area contributed by atoms with E-state index in [0.29, 0.717) is 5.88 Å². The molecule has 5 nitrogen and oxygen atoms in total. The molecule has 3 rings (SSSR count). The third-order valence-corrected chi connectivity index (χ3v) is 4.28. The van der Waals surface area contributed by atoms with Crippen LogP contribution >= 0.6 is 0 Å². The van der Waals surface area contributed by atoms with Crippen molar-refractivity contribution in [2.45, 2.75) is 39.3 Å². The van der Waals surface area contributed by atoms with Crippen LogP contribution in [0.3, 0.4) is 0 Å². The third-order valence-electron chi connectivity index (χ3n) is 4.28. The lowest BCUT2D eigenvalue weighted by Gasteiger charge is -2.16. The number of rotatable bonds is 8. The van der Waals surface area contributed by atoms with Crippen molar-refractivity contribution in [2.24, 2.45) is 5.92 Å². The SMILES string of the molecule is CC(=O)Nc1cccc([C@@H](C)NCc2ccnc(OCC3CC3)c2)c1. The van der Waals surface area contributed by atoms with Gasteiger partial charge in [0.2, 0.25) is 11.8 Å². The van der Waals surface area contributed by atoms with E-state index < -0.39 is 0 Å². The smallest absolute Gasteiger partial charge is 0.221 e. The van der Waals surface area contributed by atoms with Crippen molar-refractivity contribution in [3.8, 4) is 5.88 Å². The van der Waals surface area contributed by atoms with Crippen LogP contribution in [0, 0.1) is 5.92 Å². The van der Waals surface area contributed by atoms with E-state index in [1.54, 1.807) is 6.20 Å². The molecule has 1 amide bonds. The number of pyridine rings is 1. The Kier molecular flexibility index (Phi) is 5.66. The summed E-state index contributed by atoms with van der Waals surface area (Å²) >= 11 is 0. The Balaban J connectivity index is 1.55. The maximum absolute atomic E-state index is 11.2. The van der Waals surface area contributed by atoms with Gasteiger partial charge in [-0.2, -0.15) is 0 Å². The fourth-order valence-electron chi connectivity index (χ4n) is 2.60. The predicted molar refractivity (Wildman–Crippen MR) is 98.5 cm³/mol. The molecule has 1 saturated carbocycles. The molecule has 0 spiro atoms. The van der Waals surface area contributed by atoms with Gasteiger partial charge in [0.05, 0.1) is 6.61 Å². The first-order chi connectivity index (χ1) is 12.1. The molecule has 0 radical (unpaired) electrons. The molecular weight excluding hydrogens is 314 g/mol. The molecule has 1 aromatic heterocycles. The van der Waals surface area contributed by atoms with Gasteiger partial charge in [-0.15, -0.1) is 0 Å². The average molecular weight is 339 g/mol. The zero-order valence-corrected chi connectivity index (χ0v) is 14.8. The lowest BCUT2D eigenvalue weighted by atomic mass is 10.1. The Labute approximate surface area is 148 Å². The van der Waals surface area contributed by atoms with E-state index in [4.69, 9.17) is 4.74 Å². The number of ether oxygens (including phenoxy) is 1. The highest BCUT2D eigenvalue weighted by molar-refractivity contribution is 5.88. The van der Waals surface area contributed by atoms with Gasteiger partial charge in [0, 0.05) is 37.5 Å². The number of carbonyl (C=O) groups is 1. The van der Waals surface area contributed by atoms with Crippen LogP contribution in [0.1, 0.15) is 43.9 Å². The highest BCUT2D eigenvalue weighted by Gasteiger charge is 2.22. The van der Waals surface area contributed by atoms with Crippen molar-refractivity contribution < 1.29 is 9.53 Å². The van der Waals surface area contributed by atoms with Gasteiger partial charge in [-0.25, -0.2) is 4.98 Å². The largest absolute Gasteiger partial charge is 0.477 e. The zero-order chi connectivity index (χ0) is 17.6. The summed E-state index contributed by atoms with van der Waals surface area (Å²) < 4.78 is 5.74. The van der Waals surface area contributed by atoms with Crippen molar-refractivity contribution in [1.29, 1.82) is 0 Å². The Bertz CT molecular complexity index is 728. The van der Waals surface area contributed by atoms with Gasteiger partial charge in [0.1, 0.15) is 0 Å². The van der Waals surface area contributed by atoms with Crippen LogP contribution in [0.25, 0.3) is 0 Å².